The lowest BCUT2D eigenvalue weighted by Gasteiger charge is -2.15. The molecule has 0 saturated heterocycles. The van der Waals surface area contributed by atoms with E-state index >= 15 is 0 Å². The topological polar surface area (TPSA) is 62.2 Å². The van der Waals surface area contributed by atoms with Crippen molar-refractivity contribution in [1.82, 2.24) is 19.9 Å². The number of H-pyrrole nitrogens is 1. The maximum atomic E-state index is 13.4. The molecule has 0 saturated carbocycles. The Labute approximate surface area is 109 Å². The molecule has 98 valence electrons. The van der Waals surface area contributed by atoms with Crippen molar-refractivity contribution in [3.63, 3.8) is 0 Å². The number of nitrogens with one attached hydrogen (secondary N) is 2. The first kappa shape index (κ1) is 13.1. The van der Waals surface area contributed by atoms with Gasteiger partial charge in [0.2, 0.25) is 5.95 Å². The fraction of sp³-hybridized carbons (Fsp3) is 0.455. The van der Waals surface area contributed by atoms with Crippen LogP contribution in [0.1, 0.15) is 25.2 Å². The molecule has 2 rings (SSSR count). The second-order valence-corrected chi connectivity index (χ2v) is 4.38. The zero-order valence-electron chi connectivity index (χ0n) is 9.98. The lowest BCUT2D eigenvalue weighted by Crippen LogP contribution is -2.28. The van der Waals surface area contributed by atoms with Crippen molar-refractivity contribution in [3.05, 3.63) is 34.3 Å². The van der Waals surface area contributed by atoms with Crippen molar-refractivity contribution in [2.24, 2.45) is 0 Å². The third kappa shape index (κ3) is 2.41. The smallest absolute Gasteiger partial charge is 0.275 e. The highest BCUT2D eigenvalue weighted by atomic mass is 32.1. The molecule has 2 heterocycles. The molecule has 0 bridgehead atoms. The lowest BCUT2D eigenvalue weighted by molar-refractivity contribution is 0.483. The van der Waals surface area contributed by atoms with Crippen molar-refractivity contribution >= 4 is 18.1 Å². The summed E-state index contributed by atoms with van der Waals surface area (Å²) >= 11 is 4.11. The maximum absolute atomic E-state index is 13.4. The minimum atomic E-state index is -0.540. The highest BCUT2D eigenvalue weighted by Crippen LogP contribution is 2.11. The van der Waals surface area contributed by atoms with Gasteiger partial charge in [-0.2, -0.15) is 26.6 Å². The molecule has 0 aliphatic carbocycles. The van der Waals surface area contributed by atoms with E-state index in [-0.39, 0.29) is 17.1 Å². The summed E-state index contributed by atoms with van der Waals surface area (Å²) in [4.78, 5) is 14.5. The minimum Gasteiger partial charge on any atom is -0.306 e. The Balaban J connectivity index is 2.43. The fourth-order valence-electron chi connectivity index (χ4n) is 1.82. The largest absolute Gasteiger partial charge is 0.306 e. The third-order valence-corrected chi connectivity index (χ3v) is 2.96. The van der Waals surface area contributed by atoms with E-state index < -0.39 is 5.95 Å². The van der Waals surface area contributed by atoms with Gasteiger partial charge in [-0.1, -0.05) is 6.92 Å². The van der Waals surface area contributed by atoms with Crippen molar-refractivity contribution in [2.45, 2.75) is 19.4 Å². The van der Waals surface area contributed by atoms with Crippen LogP contribution in [0.5, 0.6) is 0 Å². The molecule has 2 aromatic rings. The zero-order chi connectivity index (χ0) is 13.1. The van der Waals surface area contributed by atoms with Gasteiger partial charge in [-0.25, -0.2) is 0 Å². The number of thiol groups is 1. The summed E-state index contributed by atoms with van der Waals surface area (Å²) in [5, 5.41) is 7.31. The molecule has 1 atom stereocenters. The summed E-state index contributed by atoms with van der Waals surface area (Å²) < 4.78 is 14.5. The molecule has 7 heteroatoms. The Morgan fingerprint density at radius 2 is 2.39 bits per heavy atom. The normalized spacial score (nSPS) is 13.1. The Bertz CT molecular complexity index is 594. The molecule has 18 heavy (non-hydrogen) atoms. The van der Waals surface area contributed by atoms with E-state index in [0.717, 1.165) is 10.9 Å². The van der Waals surface area contributed by atoms with Gasteiger partial charge in [0, 0.05) is 12.3 Å². The molecule has 0 aromatic carbocycles. The number of halogens is 1. The van der Waals surface area contributed by atoms with Gasteiger partial charge in [0.15, 0.2) is 0 Å². The van der Waals surface area contributed by atoms with E-state index in [1.165, 1.54) is 12.1 Å². The first-order valence-corrected chi connectivity index (χ1v) is 6.42. The van der Waals surface area contributed by atoms with Crippen LogP contribution in [0.3, 0.4) is 0 Å². The Kier molecular flexibility index (Phi) is 4.03. The summed E-state index contributed by atoms with van der Waals surface area (Å²) in [5.41, 5.74) is -0.129. The van der Waals surface area contributed by atoms with Gasteiger partial charge in [0.05, 0.1) is 6.04 Å². The Hall–Kier alpha value is -1.34. The molecular weight excluding hydrogens is 255 g/mol. The van der Waals surface area contributed by atoms with E-state index in [2.05, 4.69) is 28.0 Å². The van der Waals surface area contributed by atoms with Crippen LogP contribution in [-0.4, -0.2) is 26.9 Å². The molecule has 0 amide bonds. The number of hydrogen-bond acceptors (Lipinski definition) is 4. The van der Waals surface area contributed by atoms with Crippen LogP contribution in [-0.2, 0) is 0 Å². The van der Waals surface area contributed by atoms with Crippen LogP contribution in [0.15, 0.2) is 16.9 Å². The molecule has 0 radical (unpaired) electrons. The standard InChI is InChI=1S/C11H15FN4OS/c1-2-7(13-5-6-18)10-14-11(17)8-3-4-9(12)16(8)15-10/h3-4,7,13,18H,2,5-6H2,1H3,(H,14,15,17)/t7-/m0/s1. The summed E-state index contributed by atoms with van der Waals surface area (Å²) in [6, 6.07) is 2.52. The Morgan fingerprint density at radius 3 is 3.06 bits per heavy atom. The number of aromatic nitrogens is 3. The number of rotatable bonds is 5. The summed E-state index contributed by atoms with van der Waals surface area (Å²) in [5.74, 6) is 0.578. The van der Waals surface area contributed by atoms with E-state index in [1.54, 1.807) is 0 Å². The highest BCUT2D eigenvalue weighted by molar-refractivity contribution is 7.80. The zero-order valence-corrected chi connectivity index (χ0v) is 10.9. The SMILES string of the molecule is CC[C@H](NCCS)c1nn2c(F)ccc2c(=O)[nH]1. The average molecular weight is 270 g/mol. The second-order valence-electron chi connectivity index (χ2n) is 3.93. The first-order valence-electron chi connectivity index (χ1n) is 5.79. The van der Waals surface area contributed by atoms with Gasteiger partial charge in [-0.3, -0.25) is 4.79 Å². The van der Waals surface area contributed by atoms with Gasteiger partial charge in [0.25, 0.3) is 5.56 Å². The number of nitrogens with zero attached hydrogens (tertiary/aromatic N) is 2. The first-order chi connectivity index (χ1) is 8.67. The number of fused-ring (bicyclic) bond motifs is 1. The molecule has 0 aliphatic rings. The predicted molar refractivity (Wildman–Crippen MR) is 70.7 cm³/mol. The quantitative estimate of drug-likeness (QED) is 0.714. The van der Waals surface area contributed by atoms with E-state index in [1.807, 2.05) is 6.92 Å². The molecule has 2 N–H and O–H groups in total. The molecule has 0 aliphatic heterocycles. The fourth-order valence-corrected chi connectivity index (χ4v) is 1.95. The minimum absolute atomic E-state index is 0.115. The van der Waals surface area contributed by atoms with Crippen molar-refractivity contribution in [1.29, 1.82) is 0 Å². The van der Waals surface area contributed by atoms with E-state index in [4.69, 9.17) is 0 Å². The van der Waals surface area contributed by atoms with Crippen molar-refractivity contribution < 1.29 is 4.39 Å². The number of hydrogen-bond donors (Lipinski definition) is 3. The van der Waals surface area contributed by atoms with Crippen LogP contribution in [0.25, 0.3) is 5.52 Å². The second kappa shape index (κ2) is 5.53. The third-order valence-electron chi connectivity index (χ3n) is 2.73. The summed E-state index contributed by atoms with van der Waals surface area (Å²) in [6.45, 7) is 2.66. The van der Waals surface area contributed by atoms with Crippen molar-refractivity contribution in [2.75, 3.05) is 12.3 Å². The van der Waals surface area contributed by atoms with Crippen LogP contribution in [0, 0.1) is 5.95 Å². The van der Waals surface area contributed by atoms with Gasteiger partial charge in [-0.15, -0.1) is 0 Å². The highest BCUT2D eigenvalue weighted by Gasteiger charge is 2.14. The molecular formula is C11H15FN4OS. The predicted octanol–water partition coefficient (Wildman–Crippen LogP) is 1.13. The summed E-state index contributed by atoms with van der Waals surface area (Å²) in [6.07, 6.45) is 0.741. The molecule has 0 unspecified atom stereocenters. The maximum Gasteiger partial charge on any atom is 0.275 e. The van der Waals surface area contributed by atoms with Gasteiger partial charge in [0.1, 0.15) is 11.3 Å². The monoisotopic (exact) mass is 270 g/mol. The van der Waals surface area contributed by atoms with Gasteiger partial charge >= 0.3 is 0 Å². The molecule has 0 spiro atoms. The number of aromatic amines is 1. The van der Waals surface area contributed by atoms with E-state index in [9.17, 15) is 9.18 Å². The van der Waals surface area contributed by atoms with Crippen LogP contribution >= 0.6 is 12.6 Å². The van der Waals surface area contributed by atoms with Crippen LogP contribution in [0.2, 0.25) is 0 Å². The van der Waals surface area contributed by atoms with E-state index in [0.29, 0.717) is 18.1 Å². The van der Waals surface area contributed by atoms with Crippen LogP contribution in [0.4, 0.5) is 4.39 Å². The molecule has 0 fully saturated rings. The van der Waals surface area contributed by atoms with Crippen molar-refractivity contribution in [3.8, 4) is 0 Å². The molecule has 5 nitrogen and oxygen atoms in total. The van der Waals surface area contributed by atoms with Gasteiger partial charge in [-0.05, 0) is 18.6 Å². The van der Waals surface area contributed by atoms with Gasteiger partial charge < -0.3 is 10.3 Å². The average Bonchev–Trinajstić information content (AvgIpc) is 2.73. The summed E-state index contributed by atoms with van der Waals surface area (Å²) in [7, 11) is 0. The molecule has 2 aromatic heterocycles. The Morgan fingerprint density at radius 1 is 1.61 bits per heavy atom. The lowest BCUT2D eigenvalue weighted by atomic mass is 10.2. The van der Waals surface area contributed by atoms with Crippen LogP contribution < -0.4 is 10.9 Å².